The van der Waals surface area contributed by atoms with Gasteiger partial charge in [0.1, 0.15) is 12.2 Å². The molecule has 1 amide bonds. The van der Waals surface area contributed by atoms with Gasteiger partial charge in [0.05, 0.1) is 11.4 Å². The third-order valence-electron chi connectivity index (χ3n) is 2.79. The van der Waals surface area contributed by atoms with E-state index in [0.29, 0.717) is 17.1 Å². The number of halogens is 1. The molecule has 4 nitrogen and oxygen atoms in total. The number of hydrogen-bond acceptors (Lipinski definition) is 3. The highest BCUT2D eigenvalue weighted by Crippen LogP contribution is 2.21. The molecule has 0 unspecified atom stereocenters. The van der Waals surface area contributed by atoms with Gasteiger partial charge < -0.3 is 5.32 Å². The maximum atomic E-state index is 13.3. The van der Waals surface area contributed by atoms with Crippen molar-refractivity contribution in [3.8, 4) is 0 Å². The van der Waals surface area contributed by atoms with Crippen molar-refractivity contribution in [2.45, 2.75) is 0 Å². The van der Waals surface area contributed by atoms with Gasteiger partial charge in [-0.15, -0.1) is 0 Å². The van der Waals surface area contributed by atoms with E-state index in [0.717, 1.165) is 5.56 Å². The SMILES string of the molecule is O=C1CN=C(c2ccccc2)c2nc(F)ccc2N1. The first-order valence-electron chi connectivity index (χ1n) is 5.81. The Labute approximate surface area is 109 Å². The molecular formula is C14H10FN3O. The Hall–Kier alpha value is -2.56. The maximum Gasteiger partial charge on any atom is 0.246 e. The first kappa shape index (κ1) is 11.5. The van der Waals surface area contributed by atoms with Crippen LogP contribution in [0.4, 0.5) is 10.1 Å². The molecule has 0 radical (unpaired) electrons. The smallest absolute Gasteiger partial charge is 0.246 e. The van der Waals surface area contributed by atoms with E-state index in [4.69, 9.17) is 0 Å². The first-order chi connectivity index (χ1) is 9.24. The Kier molecular flexibility index (Phi) is 2.79. The Bertz CT molecular complexity index is 668. The molecule has 5 heteroatoms. The number of pyridine rings is 1. The molecule has 0 saturated heterocycles. The van der Waals surface area contributed by atoms with E-state index >= 15 is 0 Å². The van der Waals surface area contributed by atoms with Crippen LogP contribution in [0.2, 0.25) is 0 Å². The van der Waals surface area contributed by atoms with Crippen LogP contribution < -0.4 is 5.32 Å². The molecule has 2 heterocycles. The van der Waals surface area contributed by atoms with E-state index < -0.39 is 5.95 Å². The Balaban J connectivity index is 2.20. The lowest BCUT2D eigenvalue weighted by molar-refractivity contribution is -0.114. The van der Waals surface area contributed by atoms with E-state index in [-0.39, 0.29) is 12.5 Å². The topological polar surface area (TPSA) is 54.4 Å². The number of nitrogens with zero attached hydrogens (tertiary/aromatic N) is 2. The highest BCUT2D eigenvalue weighted by atomic mass is 19.1. The Morgan fingerprint density at radius 2 is 1.89 bits per heavy atom. The second kappa shape index (κ2) is 4.61. The van der Waals surface area contributed by atoms with Gasteiger partial charge in [0.25, 0.3) is 0 Å². The fourth-order valence-corrected chi connectivity index (χ4v) is 1.96. The van der Waals surface area contributed by atoms with Crippen LogP contribution in [0.3, 0.4) is 0 Å². The minimum atomic E-state index is -0.599. The fourth-order valence-electron chi connectivity index (χ4n) is 1.96. The van der Waals surface area contributed by atoms with Crippen LogP contribution in [0, 0.1) is 5.95 Å². The van der Waals surface area contributed by atoms with Crippen LogP contribution >= 0.6 is 0 Å². The highest BCUT2D eigenvalue weighted by molar-refractivity contribution is 6.17. The van der Waals surface area contributed by atoms with E-state index in [9.17, 15) is 9.18 Å². The average molecular weight is 255 g/mol. The number of rotatable bonds is 1. The molecule has 94 valence electrons. The molecule has 1 N–H and O–H groups in total. The van der Waals surface area contributed by atoms with Crippen molar-refractivity contribution >= 4 is 17.3 Å². The molecule has 19 heavy (non-hydrogen) atoms. The number of amides is 1. The third-order valence-corrected chi connectivity index (χ3v) is 2.79. The summed E-state index contributed by atoms with van der Waals surface area (Å²) in [6, 6.07) is 12.0. The fraction of sp³-hybridized carbons (Fsp3) is 0.0714. The predicted molar refractivity (Wildman–Crippen MR) is 69.8 cm³/mol. The van der Waals surface area contributed by atoms with Crippen LogP contribution in [0.5, 0.6) is 0 Å². The lowest BCUT2D eigenvalue weighted by Gasteiger charge is -2.08. The predicted octanol–water partition coefficient (Wildman–Crippen LogP) is 2.01. The summed E-state index contributed by atoms with van der Waals surface area (Å²) in [5.41, 5.74) is 2.16. The molecule has 0 fully saturated rings. The largest absolute Gasteiger partial charge is 0.323 e. The molecule has 1 aliphatic rings. The van der Waals surface area contributed by atoms with Gasteiger partial charge in [-0.3, -0.25) is 9.79 Å². The summed E-state index contributed by atoms with van der Waals surface area (Å²) in [5.74, 6) is -0.834. The van der Waals surface area contributed by atoms with Gasteiger partial charge in [0.2, 0.25) is 11.9 Å². The van der Waals surface area contributed by atoms with Gasteiger partial charge in [-0.2, -0.15) is 4.39 Å². The monoisotopic (exact) mass is 255 g/mol. The normalized spacial score (nSPS) is 14.2. The summed E-state index contributed by atoms with van der Waals surface area (Å²) >= 11 is 0. The molecule has 2 aromatic rings. The second-order valence-electron chi connectivity index (χ2n) is 4.11. The zero-order valence-electron chi connectivity index (χ0n) is 9.93. The van der Waals surface area contributed by atoms with Crippen molar-refractivity contribution in [3.05, 3.63) is 59.7 Å². The van der Waals surface area contributed by atoms with Crippen LogP contribution in [0.1, 0.15) is 11.3 Å². The number of benzene rings is 1. The van der Waals surface area contributed by atoms with Gasteiger partial charge in [-0.25, -0.2) is 4.98 Å². The number of aliphatic imine (C=N–C) groups is 1. The molecule has 1 aliphatic heterocycles. The zero-order chi connectivity index (χ0) is 13.2. The van der Waals surface area contributed by atoms with Crippen molar-refractivity contribution < 1.29 is 9.18 Å². The van der Waals surface area contributed by atoms with Crippen molar-refractivity contribution in [3.63, 3.8) is 0 Å². The van der Waals surface area contributed by atoms with Crippen molar-refractivity contribution in [2.24, 2.45) is 4.99 Å². The summed E-state index contributed by atoms with van der Waals surface area (Å²) in [5, 5.41) is 2.67. The molecule has 1 aromatic heterocycles. The molecule has 0 aliphatic carbocycles. The number of carbonyl (C=O) groups excluding carboxylic acids is 1. The lowest BCUT2D eigenvalue weighted by Crippen LogP contribution is -2.14. The van der Waals surface area contributed by atoms with Crippen molar-refractivity contribution in [1.29, 1.82) is 0 Å². The first-order valence-corrected chi connectivity index (χ1v) is 5.81. The standard InChI is InChI=1S/C14H10FN3O/c15-11-7-6-10-14(18-11)13(16-8-12(19)17-10)9-4-2-1-3-5-9/h1-7H,8H2,(H,17,19). The lowest BCUT2D eigenvalue weighted by atomic mass is 10.1. The summed E-state index contributed by atoms with van der Waals surface area (Å²) in [7, 11) is 0. The second-order valence-corrected chi connectivity index (χ2v) is 4.11. The molecule has 3 rings (SSSR count). The summed E-state index contributed by atoms with van der Waals surface area (Å²) in [6.45, 7) is 0.00219. The van der Waals surface area contributed by atoms with Crippen LogP contribution in [0.25, 0.3) is 0 Å². The van der Waals surface area contributed by atoms with E-state index in [1.807, 2.05) is 30.3 Å². The summed E-state index contributed by atoms with van der Waals surface area (Å²) in [4.78, 5) is 19.7. The van der Waals surface area contributed by atoms with Gasteiger partial charge in [0, 0.05) is 5.56 Å². The molecule has 0 bridgehead atoms. The maximum absolute atomic E-state index is 13.3. The van der Waals surface area contributed by atoms with E-state index in [2.05, 4.69) is 15.3 Å². The minimum Gasteiger partial charge on any atom is -0.323 e. The van der Waals surface area contributed by atoms with Crippen LogP contribution in [-0.2, 0) is 4.79 Å². The number of fused-ring (bicyclic) bond motifs is 1. The van der Waals surface area contributed by atoms with Crippen LogP contribution in [-0.4, -0.2) is 23.1 Å². The van der Waals surface area contributed by atoms with Gasteiger partial charge in [0.15, 0.2) is 0 Å². The number of aromatic nitrogens is 1. The third kappa shape index (κ3) is 2.22. The Morgan fingerprint density at radius 1 is 1.11 bits per heavy atom. The van der Waals surface area contributed by atoms with Crippen molar-refractivity contribution in [1.82, 2.24) is 4.98 Å². The average Bonchev–Trinajstić information content (AvgIpc) is 2.58. The highest BCUT2D eigenvalue weighted by Gasteiger charge is 2.19. The van der Waals surface area contributed by atoms with Gasteiger partial charge >= 0.3 is 0 Å². The summed E-state index contributed by atoms with van der Waals surface area (Å²) < 4.78 is 13.3. The summed E-state index contributed by atoms with van der Waals surface area (Å²) in [6.07, 6.45) is 0. The Morgan fingerprint density at radius 3 is 2.68 bits per heavy atom. The number of nitrogens with one attached hydrogen (secondary N) is 1. The quantitative estimate of drug-likeness (QED) is 0.792. The molecular weight excluding hydrogens is 245 g/mol. The minimum absolute atomic E-state index is 0.00219. The number of carbonyl (C=O) groups is 1. The van der Waals surface area contributed by atoms with Gasteiger partial charge in [-0.1, -0.05) is 30.3 Å². The zero-order valence-corrected chi connectivity index (χ0v) is 9.93. The van der Waals surface area contributed by atoms with Crippen molar-refractivity contribution in [2.75, 3.05) is 11.9 Å². The molecule has 0 saturated carbocycles. The molecule has 1 aromatic carbocycles. The van der Waals surface area contributed by atoms with E-state index in [1.165, 1.54) is 12.1 Å². The molecule has 0 atom stereocenters. The molecule has 0 spiro atoms. The van der Waals surface area contributed by atoms with Gasteiger partial charge in [-0.05, 0) is 12.1 Å². The van der Waals surface area contributed by atoms with Crippen LogP contribution in [0.15, 0.2) is 47.5 Å². The number of anilines is 1. The number of hydrogen-bond donors (Lipinski definition) is 1. The van der Waals surface area contributed by atoms with E-state index in [1.54, 1.807) is 0 Å².